The Kier molecular flexibility index (Phi) is 5.54. The van der Waals surface area contributed by atoms with E-state index in [9.17, 15) is 9.59 Å². The van der Waals surface area contributed by atoms with E-state index in [4.69, 9.17) is 14.8 Å². The lowest BCUT2D eigenvalue weighted by atomic mass is 10.1. The van der Waals surface area contributed by atoms with Gasteiger partial charge in [-0.1, -0.05) is 0 Å². The topological polar surface area (TPSA) is 80.0 Å². The van der Waals surface area contributed by atoms with Gasteiger partial charge in [-0.15, -0.1) is 0 Å². The molecular weight excluding hydrogens is 370 g/mol. The maximum Gasteiger partial charge on any atom is 0.223 e. The number of aryl methyl sites for hydroxylation is 2. The van der Waals surface area contributed by atoms with Crippen molar-refractivity contribution in [2.45, 2.75) is 52.5 Å². The summed E-state index contributed by atoms with van der Waals surface area (Å²) in [6.07, 6.45) is 3.04. The van der Waals surface area contributed by atoms with Crippen LogP contribution in [-0.4, -0.2) is 69.1 Å². The molecule has 0 aromatic carbocycles. The summed E-state index contributed by atoms with van der Waals surface area (Å²) in [6.45, 7) is 9.00. The molecule has 0 saturated carbocycles. The van der Waals surface area contributed by atoms with Gasteiger partial charge in [-0.05, 0) is 38.7 Å². The van der Waals surface area contributed by atoms with E-state index >= 15 is 0 Å². The molecule has 2 aromatic heterocycles. The summed E-state index contributed by atoms with van der Waals surface area (Å²) in [4.78, 5) is 33.0. The highest BCUT2D eigenvalue weighted by atomic mass is 16.5. The number of carbonyl (C=O) groups excluding carboxylic acids is 2. The molecule has 1 unspecified atom stereocenters. The van der Waals surface area contributed by atoms with Crippen molar-refractivity contribution in [3.8, 4) is 0 Å². The zero-order chi connectivity index (χ0) is 20.5. The van der Waals surface area contributed by atoms with E-state index in [0.29, 0.717) is 39.1 Å². The van der Waals surface area contributed by atoms with Crippen molar-refractivity contribution in [3.05, 3.63) is 28.7 Å². The molecule has 2 aliphatic heterocycles. The Labute approximate surface area is 170 Å². The molecule has 29 heavy (non-hydrogen) atoms. The van der Waals surface area contributed by atoms with E-state index in [1.165, 1.54) is 0 Å². The highest BCUT2D eigenvalue weighted by Gasteiger charge is 2.30. The Morgan fingerprint density at radius 1 is 1.21 bits per heavy atom. The maximum atomic E-state index is 12.5. The number of fused-ring (bicyclic) bond motifs is 1. The summed E-state index contributed by atoms with van der Waals surface area (Å²) in [5.74, 6) is 0.254. The third-order valence-electron chi connectivity index (χ3n) is 6.13. The Balaban J connectivity index is 1.56. The molecule has 0 radical (unpaired) electrons. The van der Waals surface area contributed by atoms with Gasteiger partial charge in [0.05, 0.1) is 24.9 Å². The van der Waals surface area contributed by atoms with Crippen LogP contribution in [0.3, 0.4) is 0 Å². The monoisotopic (exact) mass is 399 g/mol. The lowest BCUT2D eigenvalue weighted by Crippen LogP contribution is -2.40. The van der Waals surface area contributed by atoms with Crippen molar-refractivity contribution in [1.29, 1.82) is 0 Å². The van der Waals surface area contributed by atoms with E-state index in [2.05, 4.69) is 0 Å². The van der Waals surface area contributed by atoms with Crippen LogP contribution in [-0.2, 0) is 20.7 Å². The molecule has 0 spiro atoms. The van der Waals surface area contributed by atoms with Crippen LogP contribution in [0.2, 0.25) is 0 Å². The highest BCUT2D eigenvalue weighted by molar-refractivity contribution is 5.76. The zero-order valence-electron chi connectivity index (χ0n) is 17.5. The Bertz CT molecular complexity index is 932. The third-order valence-corrected chi connectivity index (χ3v) is 6.13. The van der Waals surface area contributed by atoms with Gasteiger partial charge in [-0.3, -0.25) is 9.59 Å². The Hall–Kier alpha value is -2.48. The third kappa shape index (κ3) is 3.85. The normalized spacial score (nSPS) is 19.9. The van der Waals surface area contributed by atoms with Crippen LogP contribution in [0.4, 0.5) is 0 Å². The second kappa shape index (κ2) is 8.10. The summed E-state index contributed by atoms with van der Waals surface area (Å²) >= 11 is 0. The molecule has 2 aromatic rings. The number of hydrogen-bond donors (Lipinski definition) is 0. The Morgan fingerprint density at radius 2 is 1.97 bits per heavy atom. The van der Waals surface area contributed by atoms with Crippen LogP contribution in [0.25, 0.3) is 5.65 Å². The second-order valence-electron chi connectivity index (χ2n) is 7.96. The first-order valence-corrected chi connectivity index (χ1v) is 10.4. The number of rotatable bonds is 4. The van der Waals surface area contributed by atoms with Gasteiger partial charge >= 0.3 is 0 Å². The number of aromatic nitrogens is 3. The first-order chi connectivity index (χ1) is 14.0. The molecule has 0 aliphatic carbocycles. The van der Waals surface area contributed by atoms with Crippen LogP contribution in [0.15, 0.2) is 6.07 Å². The lowest BCUT2D eigenvalue weighted by molar-refractivity contribution is -0.135. The smallest absolute Gasteiger partial charge is 0.223 e. The summed E-state index contributed by atoms with van der Waals surface area (Å²) in [5.41, 5.74) is 4.72. The highest BCUT2D eigenvalue weighted by Crippen LogP contribution is 2.32. The minimum atomic E-state index is 0.0280. The van der Waals surface area contributed by atoms with Crippen molar-refractivity contribution < 1.29 is 14.3 Å². The van der Waals surface area contributed by atoms with E-state index in [-0.39, 0.29) is 17.9 Å². The van der Waals surface area contributed by atoms with Gasteiger partial charge in [0.1, 0.15) is 0 Å². The van der Waals surface area contributed by atoms with Gasteiger partial charge in [-0.2, -0.15) is 5.10 Å². The first kappa shape index (κ1) is 19.8. The number of amides is 2. The van der Waals surface area contributed by atoms with Gasteiger partial charge in [0.15, 0.2) is 5.65 Å². The summed E-state index contributed by atoms with van der Waals surface area (Å²) in [7, 11) is 0. The molecular formula is C21H29N5O3. The molecule has 8 heteroatoms. The molecule has 2 amide bonds. The van der Waals surface area contributed by atoms with E-state index in [0.717, 1.165) is 47.7 Å². The van der Waals surface area contributed by atoms with Crippen LogP contribution in [0.1, 0.15) is 54.9 Å². The van der Waals surface area contributed by atoms with Crippen molar-refractivity contribution >= 4 is 17.5 Å². The quantitative estimate of drug-likeness (QED) is 0.784. The zero-order valence-corrected chi connectivity index (χ0v) is 17.5. The minimum absolute atomic E-state index is 0.0280. The van der Waals surface area contributed by atoms with Crippen LogP contribution < -0.4 is 0 Å². The molecule has 2 saturated heterocycles. The largest absolute Gasteiger partial charge is 0.378 e. The predicted octanol–water partition coefficient (Wildman–Crippen LogP) is 1.82. The van der Waals surface area contributed by atoms with Gasteiger partial charge in [0, 0.05) is 50.4 Å². The van der Waals surface area contributed by atoms with Crippen LogP contribution >= 0.6 is 0 Å². The average molecular weight is 399 g/mol. The number of hydrogen-bond acceptors (Lipinski definition) is 5. The molecule has 2 aliphatic rings. The minimum Gasteiger partial charge on any atom is -0.378 e. The van der Waals surface area contributed by atoms with E-state index < -0.39 is 0 Å². The van der Waals surface area contributed by atoms with Crippen molar-refractivity contribution in [2.24, 2.45) is 0 Å². The summed E-state index contributed by atoms with van der Waals surface area (Å²) in [6, 6.07) is 2.02. The van der Waals surface area contributed by atoms with Gasteiger partial charge < -0.3 is 14.5 Å². The number of likely N-dealkylation sites (tertiary alicyclic amines) is 1. The fraction of sp³-hybridized carbons (Fsp3) is 0.619. The van der Waals surface area contributed by atoms with Crippen LogP contribution in [0.5, 0.6) is 0 Å². The standard InChI is InChI=1S/C21H29N5O3/c1-14-17(6-7-21(28)24-9-11-29-12-10-24)15(2)26-20(22-14)13-18(23-26)19-5-4-8-25(19)16(3)27/h13,19H,4-12H2,1-3H3. The molecule has 2 fully saturated rings. The fourth-order valence-electron chi connectivity index (χ4n) is 4.52. The molecule has 1 atom stereocenters. The molecule has 4 heterocycles. The predicted molar refractivity (Wildman–Crippen MR) is 108 cm³/mol. The van der Waals surface area contributed by atoms with Gasteiger partial charge in [-0.25, -0.2) is 9.50 Å². The fourth-order valence-corrected chi connectivity index (χ4v) is 4.52. The van der Waals surface area contributed by atoms with E-state index in [1.54, 1.807) is 6.92 Å². The summed E-state index contributed by atoms with van der Waals surface area (Å²) in [5, 5.41) is 4.79. The molecule has 4 rings (SSSR count). The van der Waals surface area contributed by atoms with Crippen molar-refractivity contribution in [1.82, 2.24) is 24.4 Å². The first-order valence-electron chi connectivity index (χ1n) is 10.4. The van der Waals surface area contributed by atoms with Gasteiger partial charge in [0.25, 0.3) is 0 Å². The number of nitrogens with zero attached hydrogens (tertiary/aromatic N) is 5. The second-order valence-corrected chi connectivity index (χ2v) is 7.96. The molecule has 0 bridgehead atoms. The molecule has 156 valence electrons. The SMILES string of the molecule is CC(=O)N1CCCC1c1cc2nc(C)c(CCC(=O)N3CCOCC3)c(C)n2n1. The van der Waals surface area contributed by atoms with Gasteiger partial charge in [0.2, 0.25) is 11.8 Å². The molecule has 8 nitrogen and oxygen atoms in total. The lowest BCUT2D eigenvalue weighted by Gasteiger charge is -2.27. The number of carbonyl (C=O) groups is 2. The average Bonchev–Trinajstić information content (AvgIpc) is 3.35. The molecule has 0 N–H and O–H groups in total. The van der Waals surface area contributed by atoms with Crippen molar-refractivity contribution in [3.63, 3.8) is 0 Å². The maximum absolute atomic E-state index is 12.5. The Morgan fingerprint density at radius 3 is 2.69 bits per heavy atom. The van der Waals surface area contributed by atoms with Crippen LogP contribution in [0, 0.1) is 13.8 Å². The van der Waals surface area contributed by atoms with E-state index in [1.807, 2.05) is 34.2 Å². The number of ether oxygens (including phenoxy) is 1. The summed E-state index contributed by atoms with van der Waals surface area (Å²) < 4.78 is 7.19. The number of morpholine rings is 1. The van der Waals surface area contributed by atoms with Crippen molar-refractivity contribution in [2.75, 3.05) is 32.8 Å².